The average molecular weight is 821 g/mol. The largest absolute Gasteiger partial charge is 0.378 e. The van der Waals surface area contributed by atoms with E-state index in [2.05, 4.69) is 202 Å². The molecule has 4 aromatic carbocycles. The molecule has 0 aliphatic rings. The Hall–Kier alpha value is -5.37. The van der Waals surface area contributed by atoms with Crippen molar-refractivity contribution >= 4 is 16.1 Å². The van der Waals surface area contributed by atoms with Crippen LogP contribution in [-0.4, -0.2) is 26.9 Å². The molecule has 0 spiro atoms. The third kappa shape index (κ3) is 12.6. The van der Waals surface area contributed by atoms with Crippen LogP contribution < -0.4 is 0 Å². The zero-order valence-corrected chi connectivity index (χ0v) is 40.6. The molecule has 0 heterocycles. The van der Waals surface area contributed by atoms with Gasteiger partial charge in [-0.15, -0.1) is 11.1 Å². The van der Waals surface area contributed by atoms with Crippen molar-refractivity contribution in [3.05, 3.63) is 141 Å². The van der Waals surface area contributed by atoms with Crippen LogP contribution >= 0.6 is 0 Å². The van der Waals surface area contributed by atoms with E-state index in [0.717, 1.165) is 50.1 Å². The molecule has 0 radical (unpaired) electrons. The van der Waals surface area contributed by atoms with Crippen molar-refractivity contribution in [1.29, 1.82) is 0 Å². The van der Waals surface area contributed by atoms with E-state index in [1.54, 1.807) is 13.8 Å². The summed E-state index contributed by atoms with van der Waals surface area (Å²) in [6.45, 7) is 31.5. The van der Waals surface area contributed by atoms with Crippen LogP contribution in [-0.2, 0) is 0 Å². The quantitative estimate of drug-likeness (QED) is 0.152. The van der Waals surface area contributed by atoms with E-state index in [-0.39, 0.29) is 0 Å². The van der Waals surface area contributed by atoms with E-state index in [9.17, 15) is 5.11 Å². The van der Waals surface area contributed by atoms with E-state index in [4.69, 9.17) is 0 Å². The normalized spacial score (nSPS) is 11.3. The zero-order valence-electron chi connectivity index (χ0n) is 38.6. The zero-order chi connectivity index (χ0) is 44.3. The molecule has 0 aromatic heterocycles. The molecule has 1 nitrogen and oxygen atoms in total. The Morgan fingerprint density at radius 2 is 0.533 bits per heavy atom. The second-order valence-corrected chi connectivity index (χ2v) is 29.5. The molecule has 3 heteroatoms. The Labute approximate surface area is 366 Å². The fourth-order valence-electron chi connectivity index (χ4n) is 8.64. The molecule has 0 aliphatic heterocycles. The van der Waals surface area contributed by atoms with Gasteiger partial charge in [-0.2, -0.15) is 0 Å². The maximum Gasteiger partial charge on any atom is 0.146 e. The summed E-state index contributed by atoms with van der Waals surface area (Å²) in [5.41, 5.74) is 18.3. The standard InChI is InChI=1S/C57H64OSi2/c1-42(2)59(43(3)4,44(5)6)37-34-52-23-17-49(18-24-52)28-31-55-39-54(30-27-48-15-21-51(22-16-48)33-36-57(13,14)58)40-56(41-55)32-29-50-19-25-53(26-20-50)35-38-60(45(7)8,46(9)10)47(11)12/h15-26,39-47,58H,1-14H3. The van der Waals surface area contributed by atoms with Crippen LogP contribution in [0.5, 0.6) is 0 Å². The van der Waals surface area contributed by atoms with Crippen LogP contribution in [0.1, 0.15) is 147 Å². The lowest BCUT2D eigenvalue weighted by atomic mass is 10.0. The lowest BCUT2D eigenvalue weighted by Gasteiger charge is -2.38. The molecule has 0 amide bonds. The fraction of sp³-hybridized carbons (Fsp3) is 0.368. The van der Waals surface area contributed by atoms with Crippen LogP contribution in [0.4, 0.5) is 0 Å². The van der Waals surface area contributed by atoms with Crippen LogP contribution in [0, 0.1) is 70.3 Å². The first-order valence-electron chi connectivity index (χ1n) is 21.6. The summed E-state index contributed by atoms with van der Waals surface area (Å²) in [6.07, 6.45) is 0. The molecule has 0 unspecified atom stereocenters. The molecule has 4 aromatic rings. The highest BCUT2D eigenvalue weighted by Gasteiger charge is 2.42. The molecule has 4 rings (SSSR count). The monoisotopic (exact) mass is 820 g/mol. The van der Waals surface area contributed by atoms with Crippen LogP contribution in [0.15, 0.2) is 91.0 Å². The summed E-state index contributed by atoms with van der Waals surface area (Å²) in [5.74, 6) is 33.1. The van der Waals surface area contributed by atoms with Crippen LogP contribution in [0.3, 0.4) is 0 Å². The van der Waals surface area contributed by atoms with E-state index in [1.807, 2.05) is 42.5 Å². The Bertz CT molecular complexity index is 2310. The van der Waals surface area contributed by atoms with Gasteiger partial charge in [-0.3, -0.25) is 0 Å². The lowest BCUT2D eigenvalue weighted by molar-refractivity contribution is 0.143. The predicted octanol–water partition coefficient (Wildman–Crippen LogP) is 13.1. The Morgan fingerprint density at radius 1 is 0.333 bits per heavy atom. The third-order valence-electron chi connectivity index (χ3n) is 11.7. The van der Waals surface area contributed by atoms with Gasteiger partial charge in [0.15, 0.2) is 0 Å². The van der Waals surface area contributed by atoms with Gasteiger partial charge in [-0.1, -0.05) is 142 Å². The number of hydrogen-bond acceptors (Lipinski definition) is 1. The van der Waals surface area contributed by atoms with Gasteiger partial charge in [0.2, 0.25) is 0 Å². The van der Waals surface area contributed by atoms with Gasteiger partial charge in [0.25, 0.3) is 0 Å². The lowest BCUT2D eigenvalue weighted by Crippen LogP contribution is -2.43. The molecule has 0 saturated heterocycles. The second-order valence-electron chi connectivity index (χ2n) is 18.4. The first-order valence-corrected chi connectivity index (χ1v) is 26.0. The van der Waals surface area contributed by atoms with E-state index in [1.165, 1.54) is 0 Å². The summed E-state index contributed by atoms with van der Waals surface area (Å²) in [7, 11) is -3.63. The highest BCUT2D eigenvalue weighted by Crippen LogP contribution is 2.42. The van der Waals surface area contributed by atoms with Crippen molar-refractivity contribution in [3.8, 4) is 70.3 Å². The molecule has 0 atom stereocenters. The molecule has 1 N–H and O–H groups in total. The molecule has 60 heavy (non-hydrogen) atoms. The summed E-state index contributed by atoms with van der Waals surface area (Å²) in [6, 6.07) is 30.4. The van der Waals surface area contributed by atoms with Crippen molar-refractivity contribution in [3.63, 3.8) is 0 Å². The van der Waals surface area contributed by atoms with Crippen molar-refractivity contribution in [2.24, 2.45) is 0 Å². The van der Waals surface area contributed by atoms with E-state index in [0.29, 0.717) is 33.2 Å². The summed E-state index contributed by atoms with van der Waals surface area (Å²) in [5, 5.41) is 9.97. The minimum Gasteiger partial charge on any atom is -0.378 e. The minimum absolute atomic E-state index is 0.590. The highest BCUT2D eigenvalue weighted by atomic mass is 28.3. The van der Waals surface area contributed by atoms with Gasteiger partial charge >= 0.3 is 0 Å². The molecular weight excluding hydrogens is 757 g/mol. The van der Waals surface area contributed by atoms with Crippen molar-refractivity contribution in [2.45, 2.75) is 136 Å². The van der Waals surface area contributed by atoms with Crippen molar-refractivity contribution in [2.75, 3.05) is 0 Å². The van der Waals surface area contributed by atoms with Gasteiger partial charge in [-0.05, 0) is 138 Å². The average Bonchev–Trinajstić information content (AvgIpc) is 3.18. The van der Waals surface area contributed by atoms with Gasteiger partial charge in [0, 0.05) is 50.1 Å². The highest BCUT2D eigenvalue weighted by molar-refractivity contribution is 6.91. The predicted molar refractivity (Wildman–Crippen MR) is 263 cm³/mol. The van der Waals surface area contributed by atoms with Crippen LogP contribution in [0.2, 0.25) is 33.2 Å². The molecular formula is C57H64OSi2. The van der Waals surface area contributed by atoms with E-state index < -0.39 is 21.7 Å². The number of aliphatic hydroxyl groups is 1. The minimum atomic E-state index is -1.82. The Morgan fingerprint density at radius 3 is 0.750 bits per heavy atom. The Kier molecular flexibility index (Phi) is 16.4. The molecule has 0 saturated carbocycles. The number of hydrogen-bond donors (Lipinski definition) is 1. The van der Waals surface area contributed by atoms with Gasteiger partial charge in [0.1, 0.15) is 21.7 Å². The summed E-state index contributed by atoms with van der Waals surface area (Å²) >= 11 is 0. The first-order chi connectivity index (χ1) is 28.2. The maximum atomic E-state index is 9.97. The SMILES string of the molecule is CC(C)[Si](C#Cc1ccc(C#Cc2cc(C#Cc3ccc(C#CC(C)(C)O)cc3)cc(C#Cc3ccc(C#C[Si](C(C)C)(C(C)C)C(C)C)cc3)c2)cc1)(C(C)C)C(C)C. The molecule has 0 aliphatic carbocycles. The Balaban J connectivity index is 1.68. The second kappa shape index (κ2) is 20.7. The van der Waals surface area contributed by atoms with Gasteiger partial charge in [-0.25, -0.2) is 0 Å². The molecule has 0 bridgehead atoms. The van der Waals surface area contributed by atoms with Gasteiger partial charge in [0.05, 0.1) is 0 Å². The topological polar surface area (TPSA) is 20.2 Å². The third-order valence-corrected chi connectivity index (χ3v) is 24.3. The smallest absolute Gasteiger partial charge is 0.146 e. The van der Waals surface area contributed by atoms with E-state index >= 15 is 0 Å². The molecule has 0 fully saturated rings. The van der Waals surface area contributed by atoms with Crippen molar-refractivity contribution in [1.82, 2.24) is 0 Å². The fourth-order valence-corrected chi connectivity index (χ4v) is 19.1. The van der Waals surface area contributed by atoms with Gasteiger partial charge < -0.3 is 5.11 Å². The molecule has 306 valence electrons. The van der Waals surface area contributed by atoms with Crippen LogP contribution in [0.25, 0.3) is 0 Å². The first kappa shape index (κ1) is 47.3. The summed E-state index contributed by atoms with van der Waals surface area (Å²) in [4.78, 5) is 0. The number of benzene rings is 4. The summed E-state index contributed by atoms with van der Waals surface area (Å²) < 4.78 is 0. The maximum absolute atomic E-state index is 9.97. The van der Waals surface area contributed by atoms with Crippen molar-refractivity contribution < 1.29 is 5.11 Å². The number of rotatable bonds is 6.